The van der Waals surface area contributed by atoms with E-state index in [2.05, 4.69) is 138 Å². The molecule has 2 aromatic heterocycles. The number of furan rings is 1. The highest BCUT2D eigenvalue weighted by Gasteiger charge is 2.17. The summed E-state index contributed by atoms with van der Waals surface area (Å²) in [5, 5.41) is 8.17. The summed E-state index contributed by atoms with van der Waals surface area (Å²) in [6.45, 7) is 0. The largest absolute Gasteiger partial charge is 0.456 e. The number of para-hydroxylation sites is 1. The van der Waals surface area contributed by atoms with Gasteiger partial charge in [0.1, 0.15) is 11.2 Å². The number of rotatable bonds is 4. The normalized spacial score (nSPS) is 11.6. The fourth-order valence-electron chi connectivity index (χ4n) is 6.54. The summed E-state index contributed by atoms with van der Waals surface area (Å²) in [6.07, 6.45) is 1.99. The third kappa shape index (κ3) is 3.94. The van der Waals surface area contributed by atoms with Crippen molar-refractivity contribution in [3.05, 3.63) is 158 Å². The van der Waals surface area contributed by atoms with Gasteiger partial charge in [0.25, 0.3) is 0 Å². The Morgan fingerprint density at radius 3 is 1.98 bits per heavy atom. The second kappa shape index (κ2) is 9.82. The van der Waals surface area contributed by atoms with Crippen LogP contribution < -0.4 is 4.90 Å². The minimum atomic E-state index is 0.856. The Morgan fingerprint density at radius 1 is 0.432 bits per heavy atom. The van der Waals surface area contributed by atoms with Crippen molar-refractivity contribution >= 4 is 71.4 Å². The molecule has 9 rings (SSSR count). The summed E-state index contributed by atoms with van der Waals surface area (Å²) in [4.78, 5) is 7.37. The first-order valence-electron chi connectivity index (χ1n) is 14.9. The molecule has 2 heterocycles. The molecular weight excluding hydrogens is 536 g/mol. The fourth-order valence-corrected chi connectivity index (χ4v) is 6.54. The highest BCUT2D eigenvalue weighted by Crippen LogP contribution is 2.40. The molecule has 0 unspecified atom stereocenters. The van der Waals surface area contributed by atoms with Crippen LogP contribution in [0, 0.1) is 0 Å². The summed E-state index contributed by atoms with van der Waals surface area (Å²) < 4.78 is 6.15. The molecule has 0 amide bonds. The Morgan fingerprint density at radius 2 is 1.09 bits per heavy atom. The smallest absolute Gasteiger partial charge is 0.137 e. The molecule has 44 heavy (non-hydrogen) atoms. The van der Waals surface area contributed by atoms with Crippen LogP contribution >= 0.6 is 0 Å². The van der Waals surface area contributed by atoms with Gasteiger partial charge in [-0.3, -0.25) is 4.98 Å². The number of hydrogen-bond donors (Lipinski definition) is 0. The van der Waals surface area contributed by atoms with Crippen LogP contribution in [-0.2, 0) is 0 Å². The maximum atomic E-state index is 6.15. The van der Waals surface area contributed by atoms with Crippen molar-refractivity contribution in [2.24, 2.45) is 0 Å². The lowest BCUT2D eigenvalue weighted by atomic mass is 10.0. The van der Waals surface area contributed by atoms with Gasteiger partial charge in [0.15, 0.2) is 0 Å². The molecular formula is C41H26N2O. The van der Waals surface area contributed by atoms with Crippen molar-refractivity contribution in [2.45, 2.75) is 0 Å². The molecule has 0 spiro atoms. The van der Waals surface area contributed by atoms with Gasteiger partial charge in [0.2, 0.25) is 0 Å². The van der Waals surface area contributed by atoms with Crippen molar-refractivity contribution < 1.29 is 4.42 Å². The number of fused-ring (bicyclic) bond motifs is 8. The molecule has 0 fully saturated rings. The van der Waals surface area contributed by atoms with Crippen LogP contribution in [0.1, 0.15) is 0 Å². The van der Waals surface area contributed by atoms with Gasteiger partial charge in [0, 0.05) is 22.1 Å². The minimum absolute atomic E-state index is 0.856. The minimum Gasteiger partial charge on any atom is -0.456 e. The van der Waals surface area contributed by atoms with Crippen LogP contribution in [0.3, 0.4) is 0 Å². The molecule has 0 atom stereocenters. The molecule has 0 aliphatic carbocycles. The third-order valence-corrected chi connectivity index (χ3v) is 8.65. The van der Waals surface area contributed by atoms with Crippen LogP contribution in [-0.4, -0.2) is 4.98 Å². The first-order valence-corrected chi connectivity index (χ1v) is 14.9. The van der Waals surface area contributed by atoms with E-state index >= 15 is 0 Å². The summed E-state index contributed by atoms with van der Waals surface area (Å²) in [6, 6.07) is 53.6. The van der Waals surface area contributed by atoms with Gasteiger partial charge in [-0.2, -0.15) is 0 Å². The lowest BCUT2D eigenvalue weighted by Crippen LogP contribution is -2.10. The number of anilines is 3. The summed E-state index contributed by atoms with van der Waals surface area (Å²) in [5.41, 5.74) is 8.21. The van der Waals surface area contributed by atoms with Crippen molar-refractivity contribution in [1.29, 1.82) is 0 Å². The molecule has 0 aliphatic heterocycles. The number of hydrogen-bond acceptors (Lipinski definition) is 3. The Labute approximate surface area is 254 Å². The Kier molecular flexibility index (Phi) is 5.50. The van der Waals surface area contributed by atoms with E-state index in [1.165, 1.54) is 32.7 Å². The predicted octanol–water partition coefficient (Wildman–Crippen LogP) is 11.6. The lowest BCUT2D eigenvalue weighted by Gasteiger charge is -2.26. The van der Waals surface area contributed by atoms with E-state index < -0.39 is 0 Å². The fraction of sp³-hybridized carbons (Fsp3) is 0. The Hall–Kier alpha value is -5.93. The predicted molar refractivity (Wildman–Crippen MR) is 184 cm³/mol. The zero-order chi connectivity index (χ0) is 29.0. The molecule has 0 bridgehead atoms. The monoisotopic (exact) mass is 562 g/mol. The molecule has 3 nitrogen and oxygen atoms in total. The Balaban J connectivity index is 1.23. The van der Waals surface area contributed by atoms with Gasteiger partial charge in [-0.15, -0.1) is 0 Å². The average Bonchev–Trinajstić information content (AvgIpc) is 3.48. The molecule has 3 heteroatoms. The highest BCUT2D eigenvalue weighted by atomic mass is 16.3. The first-order chi connectivity index (χ1) is 21.8. The van der Waals surface area contributed by atoms with E-state index in [1.54, 1.807) is 0 Å². The van der Waals surface area contributed by atoms with E-state index in [-0.39, 0.29) is 0 Å². The second-order valence-corrected chi connectivity index (χ2v) is 11.2. The van der Waals surface area contributed by atoms with E-state index in [0.29, 0.717) is 0 Å². The first kappa shape index (κ1) is 24.6. The molecule has 0 N–H and O–H groups in total. The van der Waals surface area contributed by atoms with Crippen molar-refractivity contribution in [1.82, 2.24) is 4.98 Å². The number of nitrogens with zero attached hydrogens (tertiary/aromatic N) is 2. The van der Waals surface area contributed by atoms with Gasteiger partial charge in [-0.1, -0.05) is 103 Å². The van der Waals surface area contributed by atoms with Crippen LogP contribution in [0.15, 0.2) is 162 Å². The van der Waals surface area contributed by atoms with E-state index in [9.17, 15) is 0 Å². The maximum Gasteiger partial charge on any atom is 0.137 e. The molecule has 9 aromatic rings. The van der Waals surface area contributed by atoms with Crippen molar-refractivity contribution in [3.63, 3.8) is 0 Å². The molecule has 0 saturated heterocycles. The van der Waals surface area contributed by atoms with Crippen molar-refractivity contribution in [2.75, 3.05) is 4.90 Å². The molecule has 206 valence electrons. The van der Waals surface area contributed by atoms with E-state index in [1.807, 2.05) is 24.4 Å². The van der Waals surface area contributed by atoms with Gasteiger partial charge >= 0.3 is 0 Å². The quantitative estimate of drug-likeness (QED) is 0.200. The van der Waals surface area contributed by atoms with Crippen LogP contribution in [0.2, 0.25) is 0 Å². The maximum absolute atomic E-state index is 6.15. The zero-order valence-corrected chi connectivity index (χ0v) is 23.8. The third-order valence-electron chi connectivity index (χ3n) is 8.65. The molecule has 0 radical (unpaired) electrons. The van der Waals surface area contributed by atoms with Gasteiger partial charge in [-0.25, -0.2) is 0 Å². The van der Waals surface area contributed by atoms with Gasteiger partial charge in [0.05, 0.1) is 22.8 Å². The van der Waals surface area contributed by atoms with Crippen LogP contribution in [0.25, 0.3) is 65.5 Å². The van der Waals surface area contributed by atoms with E-state index in [4.69, 9.17) is 9.40 Å². The summed E-state index contributed by atoms with van der Waals surface area (Å²) >= 11 is 0. The lowest BCUT2D eigenvalue weighted by molar-refractivity contribution is 0.669. The summed E-state index contributed by atoms with van der Waals surface area (Å²) in [5.74, 6) is 0. The topological polar surface area (TPSA) is 29.3 Å². The second-order valence-electron chi connectivity index (χ2n) is 11.2. The summed E-state index contributed by atoms with van der Waals surface area (Å²) in [7, 11) is 0. The number of benzene rings is 7. The van der Waals surface area contributed by atoms with Gasteiger partial charge < -0.3 is 9.32 Å². The Bertz CT molecular complexity index is 2490. The molecule has 7 aromatic carbocycles. The average molecular weight is 563 g/mol. The SMILES string of the molecule is c1ccc(-c2ccc(N(c3ccc4c(ccc5ccccc54)c3)c3cnc4c(ccc5oc6ccccc6c54)c3)cc2)cc1. The zero-order valence-electron chi connectivity index (χ0n) is 23.8. The molecule has 0 saturated carbocycles. The molecule has 0 aliphatic rings. The van der Waals surface area contributed by atoms with E-state index in [0.717, 1.165) is 49.9 Å². The standard InChI is InChI=1S/C41H26N2O/c1-2-8-27(9-3-1)28-16-19-32(20-17-28)43(33-21-22-36-30(24-33)15-14-29-10-4-5-11-35(29)36)34-25-31-18-23-39-40(41(31)42-26-34)37-12-6-7-13-38(37)44-39/h1-26H. The van der Waals surface area contributed by atoms with Crippen LogP contribution in [0.4, 0.5) is 17.1 Å². The highest BCUT2D eigenvalue weighted by molar-refractivity contribution is 6.17. The number of pyridine rings is 1. The van der Waals surface area contributed by atoms with Crippen LogP contribution in [0.5, 0.6) is 0 Å². The van der Waals surface area contributed by atoms with Crippen molar-refractivity contribution in [3.8, 4) is 11.1 Å². The van der Waals surface area contributed by atoms with Gasteiger partial charge in [-0.05, 0) is 81.2 Å². The number of aromatic nitrogens is 1.